The van der Waals surface area contributed by atoms with Gasteiger partial charge < -0.3 is 5.32 Å². The van der Waals surface area contributed by atoms with Crippen molar-refractivity contribution >= 4 is 17.3 Å². The van der Waals surface area contributed by atoms with E-state index in [0.717, 1.165) is 12.0 Å². The van der Waals surface area contributed by atoms with Crippen molar-refractivity contribution in [1.82, 2.24) is 0 Å². The Bertz CT molecular complexity index is 685. The van der Waals surface area contributed by atoms with Gasteiger partial charge in [0.1, 0.15) is 5.69 Å². The number of benzene rings is 2. The zero-order chi connectivity index (χ0) is 14.8. The van der Waals surface area contributed by atoms with Gasteiger partial charge in [0, 0.05) is 12.0 Å². The van der Waals surface area contributed by atoms with Gasteiger partial charge in [0.05, 0.1) is 4.92 Å². The van der Waals surface area contributed by atoms with E-state index >= 15 is 0 Å². The molecule has 1 aliphatic carbocycles. The molecule has 0 bridgehead atoms. The van der Waals surface area contributed by atoms with Gasteiger partial charge in [-0.1, -0.05) is 42.5 Å². The van der Waals surface area contributed by atoms with Crippen LogP contribution < -0.4 is 5.32 Å². The van der Waals surface area contributed by atoms with E-state index in [2.05, 4.69) is 5.32 Å². The molecule has 1 amide bonds. The third-order valence-corrected chi connectivity index (χ3v) is 3.71. The van der Waals surface area contributed by atoms with E-state index in [1.807, 2.05) is 30.3 Å². The average Bonchev–Trinajstić information content (AvgIpc) is 3.29. The number of nitro groups is 1. The van der Waals surface area contributed by atoms with Gasteiger partial charge in [0.15, 0.2) is 0 Å². The van der Waals surface area contributed by atoms with E-state index in [4.69, 9.17) is 0 Å². The summed E-state index contributed by atoms with van der Waals surface area (Å²) in [6.45, 7) is 0. The monoisotopic (exact) mass is 282 g/mol. The maximum atomic E-state index is 12.2. The number of nitrogens with zero attached hydrogens (tertiary/aromatic N) is 1. The normalized spacial score (nSPS) is 19.8. The molecule has 106 valence electrons. The number of hydrogen-bond acceptors (Lipinski definition) is 3. The fraction of sp³-hybridized carbons (Fsp3) is 0.188. The van der Waals surface area contributed by atoms with Crippen LogP contribution in [0.1, 0.15) is 17.9 Å². The fourth-order valence-electron chi connectivity index (χ4n) is 2.52. The Morgan fingerprint density at radius 1 is 1.10 bits per heavy atom. The first-order chi connectivity index (χ1) is 10.2. The highest BCUT2D eigenvalue weighted by atomic mass is 16.6. The highest BCUT2D eigenvalue weighted by molar-refractivity contribution is 5.97. The molecule has 2 aromatic rings. The Kier molecular flexibility index (Phi) is 3.39. The first-order valence-corrected chi connectivity index (χ1v) is 6.76. The second-order valence-electron chi connectivity index (χ2n) is 5.12. The molecule has 2 atom stereocenters. The van der Waals surface area contributed by atoms with Crippen molar-refractivity contribution in [2.75, 3.05) is 5.32 Å². The van der Waals surface area contributed by atoms with Crippen molar-refractivity contribution in [1.29, 1.82) is 0 Å². The SMILES string of the molecule is O=C(Nc1ccccc1[N+](=O)[O-])[C@H]1C[C@@H]1c1ccccc1. The van der Waals surface area contributed by atoms with E-state index in [9.17, 15) is 14.9 Å². The Labute approximate surface area is 121 Å². The van der Waals surface area contributed by atoms with Crippen LogP contribution >= 0.6 is 0 Å². The van der Waals surface area contributed by atoms with Gasteiger partial charge in [0.25, 0.3) is 5.69 Å². The molecule has 0 spiro atoms. The number of carbonyl (C=O) groups is 1. The number of anilines is 1. The number of nitro benzene ring substituents is 1. The number of amides is 1. The predicted octanol–water partition coefficient (Wildman–Crippen LogP) is 3.34. The number of para-hydroxylation sites is 2. The molecule has 1 fully saturated rings. The highest BCUT2D eigenvalue weighted by Gasteiger charge is 2.44. The third-order valence-electron chi connectivity index (χ3n) is 3.71. The summed E-state index contributed by atoms with van der Waals surface area (Å²) in [4.78, 5) is 22.6. The van der Waals surface area contributed by atoms with Gasteiger partial charge in [-0.15, -0.1) is 0 Å². The standard InChI is InChI=1S/C16H14N2O3/c19-16(13-10-12(13)11-6-2-1-3-7-11)17-14-8-4-5-9-15(14)18(20)21/h1-9,12-13H,10H2,(H,17,19)/t12-,13+/m1/s1. The van der Waals surface area contributed by atoms with Gasteiger partial charge in [-0.25, -0.2) is 0 Å². The molecular formula is C16H14N2O3. The summed E-state index contributed by atoms with van der Waals surface area (Å²) < 4.78 is 0. The topological polar surface area (TPSA) is 72.2 Å². The van der Waals surface area contributed by atoms with Crippen LogP contribution in [0.3, 0.4) is 0 Å². The molecule has 3 rings (SSSR count). The molecule has 1 N–H and O–H groups in total. The van der Waals surface area contributed by atoms with Gasteiger partial charge in [0.2, 0.25) is 5.91 Å². The van der Waals surface area contributed by atoms with E-state index in [0.29, 0.717) is 0 Å². The fourth-order valence-corrected chi connectivity index (χ4v) is 2.52. The van der Waals surface area contributed by atoms with Crippen LogP contribution in [0, 0.1) is 16.0 Å². The van der Waals surface area contributed by atoms with Gasteiger partial charge in [-0.05, 0) is 24.0 Å². The number of nitrogens with one attached hydrogen (secondary N) is 1. The maximum absolute atomic E-state index is 12.2. The smallest absolute Gasteiger partial charge is 0.292 e. The molecule has 0 saturated heterocycles. The predicted molar refractivity (Wildman–Crippen MR) is 79.0 cm³/mol. The summed E-state index contributed by atoms with van der Waals surface area (Å²) in [5, 5.41) is 13.6. The summed E-state index contributed by atoms with van der Waals surface area (Å²) in [5.41, 5.74) is 1.31. The Morgan fingerprint density at radius 3 is 2.48 bits per heavy atom. The lowest BCUT2D eigenvalue weighted by molar-refractivity contribution is -0.383. The van der Waals surface area contributed by atoms with Crippen LogP contribution in [0.2, 0.25) is 0 Å². The number of hydrogen-bond donors (Lipinski definition) is 1. The van der Waals surface area contributed by atoms with E-state index in [-0.39, 0.29) is 29.1 Å². The van der Waals surface area contributed by atoms with E-state index in [1.165, 1.54) is 6.07 Å². The van der Waals surface area contributed by atoms with Crippen molar-refractivity contribution in [3.8, 4) is 0 Å². The second kappa shape index (κ2) is 5.36. The quantitative estimate of drug-likeness (QED) is 0.690. The summed E-state index contributed by atoms with van der Waals surface area (Å²) in [6, 6.07) is 16.0. The zero-order valence-corrected chi connectivity index (χ0v) is 11.2. The molecular weight excluding hydrogens is 268 g/mol. The molecule has 5 heteroatoms. The Balaban J connectivity index is 1.70. The Hall–Kier alpha value is -2.69. The molecule has 1 saturated carbocycles. The van der Waals surface area contributed by atoms with Crippen LogP contribution in [0.25, 0.3) is 0 Å². The van der Waals surface area contributed by atoms with Crippen LogP contribution in [-0.2, 0) is 4.79 Å². The summed E-state index contributed by atoms with van der Waals surface area (Å²) >= 11 is 0. The van der Waals surface area contributed by atoms with Crippen molar-refractivity contribution < 1.29 is 9.72 Å². The minimum absolute atomic E-state index is 0.0808. The van der Waals surface area contributed by atoms with Crippen molar-refractivity contribution in [3.63, 3.8) is 0 Å². The van der Waals surface area contributed by atoms with Gasteiger partial charge in [-0.3, -0.25) is 14.9 Å². The molecule has 0 heterocycles. The molecule has 0 radical (unpaired) electrons. The van der Waals surface area contributed by atoms with Gasteiger partial charge in [-0.2, -0.15) is 0 Å². The lowest BCUT2D eigenvalue weighted by atomic mass is 10.1. The highest BCUT2D eigenvalue weighted by Crippen LogP contribution is 2.48. The van der Waals surface area contributed by atoms with Gasteiger partial charge >= 0.3 is 0 Å². The Morgan fingerprint density at radius 2 is 1.76 bits per heavy atom. The first-order valence-electron chi connectivity index (χ1n) is 6.76. The molecule has 1 aliphatic rings. The zero-order valence-electron chi connectivity index (χ0n) is 11.2. The molecule has 5 nitrogen and oxygen atoms in total. The van der Waals surface area contributed by atoms with Crippen molar-refractivity contribution in [2.24, 2.45) is 5.92 Å². The minimum Gasteiger partial charge on any atom is -0.320 e. The van der Waals surface area contributed by atoms with Crippen LogP contribution in [-0.4, -0.2) is 10.8 Å². The molecule has 0 aliphatic heterocycles. The summed E-state index contributed by atoms with van der Waals surface area (Å²) in [5.74, 6) is -0.0423. The maximum Gasteiger partial charge on any atom is 0.292 e. The second-order valence-corrected chi connectivity index (χ2v) is 5.12. The van der Waals surface area contributed by atoms with Crippen LogP contribution in [0.5, 0.6) is 0 Å². The first kappa shape index (κ1) is 13.3. The van der Waals surface area contributed by atoms with E-state index < -0.39 is 4.92 Å². The number of carbonyl (C=O) groups excluding carboxylic acids is 1. The van der Waals surface area contributed by atoms with Crippen LogP contribution in [0.4, 0.5) is 11.4 Å². The van der Waals surface area contributed by atoms with Crippen molar-refractivity contribution in [3.05, 3.63) is 70.3 Å². The molecule has 0 aromatic heterocycles. The minimum atomic E-state index is -0.489. The summed E-state index contributed by atoms with van der Waals surface area (Å²) in [6.07, 6.45) is 0.788. The average molecular weight is 282 g/mol. The van der Waals surface area contributed by atoms with Crippen LogP contribution in [0.15, 0.2) is 54.6 Å². The van der Waals surface area contributed by atoms with E-state index in [1.54, 1.807) is 18.2 Å². The largest absolute Gasteiger partial charge is 0.320 e. The van der Waals surface area contributed by atoms with Crippen molar-refractivity contribution in [2.45, 2.75) is 12.3 Å². The number of rotatable bonds is 4. The lowest BCUT2D eigenvalue weighted by Crippen LogP contribution is -2.15. The summed E-state index contributed by atoms with van der Waals surface area (Å²) in [7, 11) is 0. The molecule has 2 aromatic carbocycles. The molecule has 0 unspecified atom stereocenters. The molecule has 21 heavy (non-hydrogen) atoms. The third kappa shape index (κ3) is 2.76. The lowest BCUT2D eigenvalue weighted by Gasteiger charge is -2.05.